The molecule has 0 bridgehead atoms. The molecule has 1 rings (SSSR count). The maximum absolute atomic E-state index is 8.70. The topological polar surface area (TPSA) is 29.5 Å². The largest absolute Gasteiger partial charge is 0.396 e. The van der Waals surface area contributed by atoms with Gasteiger partial charge in [0.15, 0.2) is 0 Å². The maximum atomic E-state index is 8.70. The van der Waals surface area contributed by atoms with Gasteiger partial charge in [0.25, 0.3) is 0 Å². The Bertz CT molecular complexity index is 91.3. The van der Waals surface area contributed by atoms with Crippen LogP contribution in [0.3, 0.4) is 0 Å². The predicted molar refractivity (Wildman–Crippen MR) is 39.8 cm³/mol. The van der Waals surface area contributed by atoms with E-state index < -0.39 is 0 Å². The van der Waals surface area contributed by atoms with Gasteiger partial charge < -0.3 is 9.84 Å². The lowest BCUT2D eigenvalue weighted by Crippen LogP contribution is -2.25. The first-order chi connectivity index (χ1) is 4.84. The van der Waals surface area contributed by atoms with Crippen LogP contribution in [0.1, 0.15) is 19.8 Å². The van der Waals surface area contributed by atoms with Gasteiger partial charge in [-0.15, -0.1) is 0 Å². The number of aliphatic hydroxyl groups excluding tert-OH is 1. The highest BCUT2D eigenvalue weighted by Gasteiger charge is 2.20. The summed E-state index contributed by atoms with van der Waals surface area (Å²) in [6, 6.07) is 0. The highest BCUT2D eigenvalue weighted by molar-refractivity contribution is 4.69. The summed E-state index contributed by atoms with van der Waals surface area (Å²) in [5, 5.41) is 8.70. The summed E-state index contributed by atoms with van der Waals surface area (Å²) >= 11 is 0. The number of ether oxygens (including phenoxy) is 1. The fraction of sp³-hybridized carbons (Fsp3) is 1.00. The molecule has 1 saturated heterocycles. The zero-order valence-electron chi connectivity index (χ0n) is 6.55. The Hall–Kier alpha value is -0.0800. The Balaban J connectivity index is 2.25. The molecule has 1 fully saturated rings. The SMILES string of the molecule is C[C@@H]1COCC[C@@H]1CCO. The van der Waals surface area contributed by atoms with Crippen molar-refractivity contribution in [1.82, 2.24) is 0 Å². The summed E-state index contributed by atoms with van der Waals surface area (Å²) in [6.07, 6.45) is 2.08. The number of hydrogen-bond donors (Lipinski definition) is 1. The second kappa shape index (κ2) is 3.94. The maximum Gasteiger partial charge on any atom is 0.0494 e. The van der Waals surface area contributed by atoms with Crippen LogP contribution in [0.15, 0.2) is 0 Å². The van der Waals surface area contributed by atoms with E-state index in [1.165, 1.54) is 0 Å². The van der Waals surface area contributed by atoms with Gasteiger partial charge in [-0.3, -0.25) is 0 Å². The van der Waals surface area contributed by atoms with Crippen molar-refractivity contribution in [3.63, 3.8) is 0 Å². The summed E-state index contributed by atoms with van der Waals surface area (Å²) < 4.78 is 5.28. The van der Waals surface area contributed by atoms with Crippen molar-refractivity contribution < 1.29 is 9.84 Å². The molecule has 0 radical (unpaired) electrons. The van der Waals surface area contributed by atoms with Gasteiger partial charge in [-0.25, -0.2) is 0 Å². The van der Waals surface area contributed by atoms with Gasteiger partial charge in [-0.1, -0.05) is 6.92 Å². The minimum absolute atomic E-state index is 0.328. The molecule has 0 aromatic heterocycles. The van der Waals surface area contributed by atoms with Gasteiger partial charge in [0, 0.05) is 19.8 Å². The Kier molecular flexibility index (Phi) is 3.16. The smallest absolute Gasteiger partial charge is 0.0494 e. The van der Waals surface area contributed by atoms with Crippen LogP contribution in [0.5, 0.6) is 0 Å². The zero-order chi connectivity index (χ0) is 7.40. The third-order valence-electron chi connectivity index (χ3n) is 2.32. The third kappa shape index (κ3) is 1.96. The Morgan fingerprint density at radius 1 is 1.60 bits per heavy atom. The van der Waals surface area contributed by atoms with Crippen molar-refractivity contribution in [1.29, 1.82) is 0 Å². The van der Waals surface area contributed by atoms with E-state index in [0.717, 1.165) is 26.1 Å². The molecule has 0 spiro atoms. The molecule has 1 aliphatic heterocycles. The van der Waals surface area contributed by atoms with E-state index in [9.17, 15) is 0 Å². The summed E-state index contributed by atoms with van der Waals surface area (Å²) in [7, 11) is 0. The minimum Gasteiger partial charge on any atom is -0.396 e. The highest BCUT2D eigenvalue weighted by atomic mass is 16.5. The van der Waals surface area contributed by atoms with Crippen LogP contribution in [-0.2, 0) is 4.74 Å². The highest BCUT2D eigenvalue weighted by Crippen LogP contribution is 2.23. The summed E-state index contributed by atoms with van der Waals surface area (Å²) in [5.41, 5.74) is 0. The molecular formula is C8H16O2. The zero-order valence-corrected chi connectivity index (χ0v) is 6.55. The van der Waals surface area contributed by atoms with Crippen LogP contribution < -0.4 is 0 Å². The van der Waals surface area contributed by atoms with Gasteiger partial charge in [-0.2, -0.15) is 0 Å². The Morgan fingerprint density at radius 2 is 2.40 bits per heavy atom. The molecule has 1 heterocycles. The van der Waals surface area contributed by atoms with Crippen molar-refractivity contribution in [3.8, 4) is 0 Å². The van der Waals surface area contributed by atoms with Crippen molar-refractivity contribution in [2.75, 3.05) is 19.8 Å². The third-order valence-corrected chi connectivity index (χ3v) is 2.32. The first-order valence-electron chi connectivity index (χ1n) is 4.03. The van der Waals surface area contributed by atoms with Crippen molar-refractivity contribution >= 4 is 0 Å². The molecule has 0 aromatic carbocycles. The molecule has 2 heteroatoms. The molecule has 0 amide bonds. The van der Waals surface area contributed by atoms with Crippen LogP contribution >= 0.6 is 0 Å². The van der Waals surface area contributed by atoms with E-state index in [0.29, 0.717) is 18.4 Å². The lowest BCUT2D eigenvalue weighted by atomic mass is 9.88. The van der Waals surface area contributed by atoms with Gasteiger partial charge in [0.05, 0.1) is 0 Å². The van der Waals surface area contributed by atoms with Crippen molar-refractivity contribution in [2.24, 2.45) is 11.8 Å². The van der Waals surface area contributed by atoms with E-state index >= 15 is 0 Å². The first kappa shape index (κ1) is 8.02. The van der Waals surface area contributed by atoms with Crippen LogP contribution in [0.2, 0.25) is 0 Å². The molecule has 0 unspecified atom stereocenters. The minimum atomic E-state index is 0.328. The standard InChI is InChI=1S/C8H16O2/c1-7-6-10-5-3-8(7)2-4-9/h7-9H,2-6H2,1H3/t7-,8+/m1/s1. The average molecular weight is 144 g/mol. The van der Waals surface area contributed by atoms with Gasteiger partial charge in [0.1, 0.15) is 0 Å². The van der Waals surface area contributed by atoms with Crippen molar-refractivity contribution in [3.05, 3.63) is 0 Å². The molecule has 60 valence electrons. The summed E-state index contributed by atoms with van der Waals surface area (Å²) in [5.74, 6) is 1.33. The van der Waals surface area contributed by atoms with Crippen LogP contribution in [0.25, 0.3) is 0 Å². The molecular weight excluding hydrogens is 128 g/mol. The molecule has 2 nitrogen and oxygen atoms in total. The fourth-order valence-electron chi connectivity index (χ4n) is 1.52. The van der Waals surface area contributed by atoms with E-state index in [4.69, 9.17) is 9.84 Å². The van der Waals surface area contributed by atoms with Gasteiger partial charge in [0.2, 0.25) is 0 Å². The lowest BCUT2D eigenvalue weighted by Gasteiger charge is -2.28. The summed E-state index contributed by atoms with van der Waals surface area (Å²) in [6.45, 7) is 4.29. The normalized spacial score (nSPS) is 34.2. The second-order valence-corrected chi connectivity index (χ2v) is 3.11. The van der Waals surface area contributed by atoms with E-state index in [2.05, 4.69) is 6.92 Å². The Morgan fingerprint density at radius 3 is 3.00 bits per heavy atom. The molecule has 0 aliphatic carbocycles. The molecule has 1 aliphatic rings. The van der Waals surface area contributed by atoms with Gasteiger partial charge >= 0.3 is 0 Å². The molecule has 0 saturated carbocycles. The number of hydrogen-bond acceptors (Lipinski definition) is 2. The molecule has 0 aromatic rings. The Labute approximate surface area is 62.2 Å². The van der Waals surface area contributed by atoms with E-state index in [-0.39, 0.29) is 0 Å². The van der Waals surface area contributed by atoms with Crippen LogP contribution in [0, 0.1) is 11.8 Å². The van der Waals surface area contributed by atoms with E-state index in [1.807, 2.05) is 0 Å². The molecule has 2 atom stereocenters. The van der Waals surface area contributed by atoms with Crippen molar-refractivity contribution in [2.45, 2.75) is 19.8 Å². The molecule has 1 N–H and O–H groups in total. The predicted octanol–water partition coefficient (Wildman–Crippen LogP) is 1.04. The second-order valence-electron chi connectivity index (χ2n) is 3.11. The number of rotatable bonds is 2. The summed E-state index contributed by atoms with van der Waals surface area (Å²) in [4.78, 5) is 0. The first-order valence-corrected chi connectivity index (χ1v) is 4.03. The van der Waals surface area contributed by atoms with Gasteiger partial charge in [-0.05, 0) is 24.7 Å². The monoisotopic (exact) mass is 144 g/mol. The van der Waals surface area contributed by atoms with Crippen LogP contribution in [0.4, 0.5) is 0 Å². The quantitative estimate of drug-likeness (QED) is 0.627. The molecule has 10 heavy (non-hydrogen) atoms. The average Bonchev–Trinajstić information content (AvgIpc) is 1.94. The van der Waals surface area contributed by atoms with Crippen LogP contribution in [-0.4, -0.2) is 24.9 Å². The van der Waals surface area contributed by atoms with E-state index in [1.54, 1.807) is 0 Å². The lowest BCUT2D eigenvalue weighted by molar-refractivity contribution is 0.0163. The fourth-order valence-corrected chi connectivity index (χ4v) is 1.52. The number of aliphatic hydroxyl groups is 1.